The number of nitrogens with one attached hydrogen (secondary N) is 1. The quantitative estimate of drug-likeness (QED) is 0.317. The van der Waals surface area contributed by atoms with Crippen molar-refractivity contribution in [2.24, 2.45) is 0 Å². The Hall–Kier alpha value is -3.44. The van der Waals surface area contributed by atoms with E-state index in [9.17, 15) is 9.59 Å². The molecule has 5 nitrogen and oxygen atoms in total. The van der Waals surface area contributed by atoms with E-state index in [1.54, 1.807) is 24.3 Å². The van der Waals surface area contributed by atoms with Crippen LogP contribution in [0.5, 0.6) is 0 Å². The van der Waals surface area contributed by atoms with Crippen LogP contribution >= 0.6 is 11.6 Å². The van der Waals surface area contributed by atoms with Crippen molar-refractivity contribution in [2.45, 2.75) is 19.4 Å². The summed E-state index contributed by atoms with van der Waals surface area (Å²) in [5, 5.41) is 3.52. The average Bonchev–Trinajstić information content (AvgIpc) is 3.15. The maximum absolute atomic E-state index is 12.8. The molecule has 3 aromatic carbocycles. The number of carbonyl (C=O) groups is 2. The third-order valence-corrected chi connectivity index (χ3v) is 5.35. The molecule has 1 N–H and O–H groups in total. The van der Waals surface area contributed by atoms with Gasteiger partial charge in [-0.25, -0.2) is 4.98 Å². The van der Waals surface area contributed by atoms with Crippen LogP contribution in [0.4, 0.5) is 0 Å². The predicted octanol–water partition coefficient (Wildman–Crippen LogP) is 4.94. The van der Waals surface area contributed by atoms with Crippen molar-refractivity contribution < 1.29 is 9.59 Å². The van der Waals surface area contributed by atoms with E-state index in [4.69, 9.17) is 16.6 Å². The molecule has 0 atom stereocenters. The number of rotatable bonds is 8. The van der Waals surface area contributed by atoms with Crippen molar-refractivity contribution in [1.82, 2.24) is 14.9 Å². The molecule has 0 radical (unpaired) electrons. The SMILES string of the molecule is O=C(Cn1c(CCCNC(=O)c2ccc(Cl)cc2)nc2ccccc21)c1ccccc1. The summed E-state index contributed by atoms with van der Waals surface area (Å²) in [7, 11) is 0. The van der Waals surface area contributed by atoms with Gasteiger partial charge >= 0.3 is 0 Å². The molecule has 1 aromatic heterocycles. The Morgan fingerprint density at radius 1 is 0.871 bits per heavy atom. The molecule has 0 unspecified atom stereocenters. The molecule has 4 aromatic rings. The zero-order valence-corrected chi connectivity index (χ0v) is 17.7. The van der Waals surface area contributed by atoms with E-state index < -0.39 is 0 Å². The minimum Gasteiger partial charge on any atom is -0.352 e. The van der Waals surface area contributed by atoms with Gasteiger partial charge in [-0.3, -0.25) is 9.59 Å². The minimum atomic E-state index is -0.135. The second-order valence-electron chi connectivity index (χ2n) is 7.26. The highest BCUT2D eigenvalue weighted by Crippen LogP contribution is 2.18. The van der Waals surface area contributed by atoms with Crippen LogP contribution in [0.25, 0.3) is 11.0 Å². The highest BCUT2D eigenvalue weighted by Gasteiger charge is 2.15. The van der Waals surface area contributed by atoms with Crippen LogP contribution in [0.1, 0.15) is 33.0 Å². The van der Waals surface area contributed by atoms with E-state index in [2.05, 4.69) is 5.32 Å². The Labute approximate surface area is 185 Å². The van der Waals surface area contributed by atoms with Crippen LogP contribution in [0.2, 0.25) is 5.02 Å². The van der Waals surface area contributed by atoms with Crippen LogP contribution < -0.4 is 5.32 Å². The minimum absolute atomic E-state index is 0.0426. The van der Waals surface area contributed by atoms with Crippen LogP contribution in [-0.4, -0.2) is 27.8 Å². The highest BCUT2D eigenvalue weighted by atomic mass is 35.5. The molecular formula is C25H22ClN3O2. The van der Waals surface area contributed by atoms with Gasteiger partial charge in [-0.15, -0.1) is 0 Å². The molecule has 31 heavy (non-hydrogen) atoms. The average molecular weight is 432 g/mol. The van der Waals surface area contributed by atoms with E-state index >= 15 is 0 Å². The van der Waals surface area contributed by atoms with Crippen LogP contribution in [0.15, 0.2) is 78.9 Å². The van der Waals surface area contributed by atoms with Crippen molar-refractivity contribution in [3.63, 3.8) is 0 Å². The maximum atomic E-state index is 12.8. The molecule has 0 aliphatic heterocycles. The Morgan fingerprint density at radius 2 is 1.58 bits per heavy atom. The molecule has 0 saturated heterocycles. The zero-order chi connectivity index (χ0) is 21.6. The lowest BCUT2D eigenvalue weighted by molar-refractivity contribution is 0.0951. The summed E-state index contributed by atoms with van der Waals surface area (Å²) in [4.78, 5) is 29.8. The van der Waals surface area contributed by atoms with E-state index in [1.165, 1.54) is 0 Å². The van der Waals surface area contributed by atoms with Gasteiger partial charge in [-0.2, -0.15) is 0 Å². The number of carbonyl (C=O) groups excluding carboxylic acids is 2. The monoisotopic (exact) mass is 431 g/mol. The third kappa shape index (κ3) is 5.01. The third-order valence-electron chi connectivity index (χ3n) is 5.10. The fourth-order valence-corrected chi connectivity index (χ4v) is 3.63. The molecule has 156 valence electrons. The molecule has 0 aliphatic rings. The molecule has 0 bridgehead atoms. The number of amides is 1. The summed E-state index contributed by atoms with van der Waals surface area (Å²) in [6.45, 7) is 0.744. The Morgan fingerprint density at radius 3 is 2.35 bits per heavy atom. The zero-order valence-electron chi connectivity index (χ0n) is 16.9. The van der Waals surface area contributed by atoms with Gasteiger partial charge < -0.3 is 9.88 Å². The van der Waals surface area contributed by atoms with Crippen molar-refractivity contribution in [1.29, 1.82) is 0 Å². The largest absolute Gasteiger partial charge is 0.352 e. The van der Waals surface area contributed by atoms with Crippen molar-refractivity contribution in [3.05, 3.63) is 101 Å². The molecule has 0 fully saturated rings. The Bertz CT molecular complexity index is 1200. The first-order chi connectivity index (χ1) is 15.1. The van der Waals surface area contributed by atoms with E-state index in [-0.39, 0.29) is 18.2 Å². The van der Waals surface area contributed by atoms with Gasteiger partial charge in [0, 0.05) is 29.1 Å². The lowest BCUT2D eigenvalue weighted by Crippen LogP contribution is -2.25. The van der Waals surface area contributed by atoms with Gasteiger partial charge in [-0.05, 0) is 42.8 Å². The summed E-state index contributed by atoms with van der Waals surface area (Å²) >= 11 is 5.87. The number of ketones is 1. The van der Waals surface area contributed by atoms with Gasteiger partial charge in [0.2, 0.25) is 0 Å². The number of imidazole rings is 1. The number of benzene rings is 3. The molecule has 4 rings (SSSR count). The van der Waals surface area contributed by atoms with Gasteiger partial charge in [-0.1, -0.05) is 54.1 Å². The van der Waals surface area contributed by atoms with E-state index in [0.29, 0.717) is 35.5 Å². The molecule has 0 saturated carbocycles. The fourth-order valence-electron chi connectivity index (χ4n) is 3.50. The lowest BCUT2D eigenvalue weighted by atomic mass is 10.1. The number of fused-ring (bicyclic) bond motifs is 1. The van der Waals surface area contributed by atoms with E-state index in [0.717, 1.165) is 16.9 Å². The second kappa shape index (κ2) is 9.58. The summed E-state index contributed by atoms with van der Waals surface area (Å²) in [6, 6.07) is 23.9. The molecule has 1 heterocycles. The summed E-state index contributed by atoms with van der Waals surface area (Å²) in [5.41, 5.74) is 3.06. The van der Waals surface area contributed by atoms with Crippen LogP contribution in [0, 0.1) is 0 Å². The molecule has 0 spiro atoms. The van der Waals surface area contributed by atoms with Crippen LogP contribution in [-0.2, 0) is 13.0 Å². The number of hydrogen-bond donors (Lipinski definition) is 1. The topological polar surface area (TPSA) is 64.0 Å². The van der Waals surface area contributed by atoms with Gasteiger partial charge in [0.25, 0.3) is 5.91 Å². The molecule has 6 heteroatoms. The molecule has 0 aliphatic carbocycles. The number of Topliss-reactive ketones (excluding diaryl/α,β-unsaturated/α-hetero) is 1. The molecular weight excluding hydrogens is 410 g/mol. The smallest absolute Gasteiger partial charge is 0.251 e. The second-order valence-corrected chi connectivity index (χ2v) is 7.69. The van der Waals surface area contributed by atoms with Crippen molar-refractivity contribution in [3.8, 4) is 0 Å². The standard InChI is InChI=1S/C25H22ClN3O2/c26-20-14-12-19(13-15-20)25(31)27-16-6-11-24-28-21-9-4-5-10-22(21)29(24)17-23(30)18-7-2-1-3-8-18/h1-5,7-10,12-15H,6,11,16-17H2,(H,27,31). The predicted molar refractivity (Wildman–Crippen MR) is 123 cm³/mol. The van der Waals surface area contributed by atoms with Gasteiger partial charge in [0.1, 0.15) is 5.82 Å². The first kappa shape index (κ1) is 20.8. The van der Waals surface area contributed by atoms with E-state index in [1.807, 2.05) is 59.2 Å². The maximum Gasteiger partial charge on any atom is 0.251 e. The van der Waals surface area contributed by atoms with Gasteiger partial charge in [0.05, 0.1) is 17.6 Å². The lowest BCUT2D eigenvalue weighted by Gasteiger charge is -2.10. The fraction of sp³-hybridized carbons (Fsp3) is 0.160. The Balaban J connectivity index is 1.43. The Kier molecular flexibility index (Phi) is 6.43. The molecule has 1 amide bonds. The van der Waals surface area contributed by atoms with Crippen LogP contribution in [0.3, 0.4) is 0 Å². The number of halogens is 1. The van der Waals surface area contributed by atoms with Gasteiger partial charge in [0.15, 0.2) is 5.78 Å². The number of nitrogens with zero attached hydrogens (tertiary/aromatic N) is 2. The first-order valence-corrected chi connectivity index (χ1v) is 10.6. The number of para-hydroxylation sites is 2. The summed E-state index contributed by atoms with van der Waals surface area (Å²) in [5.74, 6) is 0.747. The summed E-state index contributed by atoms with van der Waals surface area (Å²) < 4.78 is 1.98. The number of aromatic nitrogens is 2. The highest BCUT2D eigenvalue weighted by molar-refractivity contribution is 6.30. The summed E-state index contributed by atoms with van der Waals surface area (Å²) in [6.07, 6.45) is 1.36. The first-order valence-electron chi connectivity index (χ1n) is 10.2. The number of aryl methyl sites for hydroxylation is 1. The van der Waals surface area contributed by atoms with Crippen molar-refractivity contribution >= 4 is 34.3 Å². The number of hydrogen-bond acceptors (Lipinski definition) is 3. The normalized spacial score (nSPS) is 10.9. The van der Waals surface area contributed by atoms with Crippen molar-refractivity contribution in [2.75, 3.05) is 6.54 Å².